The average molecular weight is 593 g/mol. The van der Waals surface area contributed by atoms with Gasteiger partial charge in [0.1, 0.15) is 0 Å². The maximum atomic E-state index is 15.4. The van der Waals surface area contributed by atoms with Crippen molar-refractivity contribution in [3.05, 3.63) is 77.1 Å². The third kappa shape index (κ3) is 9.37. The number of fused-ring (bicyclic) bond motifs is 3. The van der Waals surface area contributed by atoms with Gasteiger partial charge in [-0.15, -0.1) is 0 Å². The van der Waals surface area contributed by atoms with Crippen LogP contribution in [0.3, 0.4) is 0 Å². The Morgan fingerprint density at radius 3 is 1.67 bits per heavy atom. The van der Waals surface area contributed by atoms with Gasteiger partial charge in [-0.3, -0.25) is 0 Å². The van der Waals surface area contributed by atoms with Gasteiger partial charge in [0.2, 0.25) is 0 Å². The van der Waals surface area contributed by atoms with E-state index in [-0.39, 0.29) is 11.3 Å². The van der Waals surface area contributed by atoms with Gasteiger partial charge in [-0.25, -0.2) is 4.39 Å². The van der Waals surface area contributed by atoms with Crippen LogP contribution in [0.25, 0.3) is 22.3 Å². The van der Waals surface area contributed by atoms with Crippen molar-refractivity contribution in [2.45, 2.75) is 136 Å². The number of alkyl halides is 2. The summed E-state index contributed by atoms with van der Waals surface area (Å²) in [6, 6.07) is 16.7. The van der Waals surface area contributed by atoms with Gasteiger partial charge in [-0.2, -0.15) is 8.78 Å². The van der Waals surface area contributed by atoms with Gasteiger partial charge in [0.15, 0.2) is 11.6 Å². The van der Waals surface area contributed by atoms with Crippen LogP contribution in [0.15, 0.2) is 54.6 Å². The van der Waals surface area contributed by atoms with Gasteiger partial charge in [0.25, 0.3) is 0 Å². The van der Waals surface area contributed by atoms with Crippen LogP contribution in [0, 0.1) is 5.82 Å². The molecule has 0 amide bonds. The standard InChI is InChI=1S/C39H51F3O/c1-3-5-7-9-11-13-15-17-19-30-21-23-31(24-22-30)33-26-27-34-35-28-25-32(20-18-16-14-12-10-8-6-4-2)37(40)38(35)43-39(41,42)36(34)29-33/h21-29H,3-20H2,1-2H3. The lowest BCUT2D eigenvalue weighted by Gasteiger charge is -2.29. The summed E-state index contributed by atoms with van der Waals surface area (Å²) in [6.45, 7) is 4.45. The number of hydrogen-bond donors (Lipinski definition) is 0. The predicted molar refractivity (Wildman–Crippen MR) is 174 cm³/mol. The molecule has 0 atom stereocenters. The molecule has 0 saturated carbocycles. The zero-order chi connectivity index (χ0) is 30.5. The van der Waals surface area contributed by atoms with Crippen molar-refractivity contribution in [3.63, 3.8) is 0 Å². The molecular weight excluding hydrogens is 541 g/mol. The first-order valence-electron chi connectivity index (χ1n) is 17.1. The lowest BCUT2D eigenvalue weighted by atomic mass is 9.90. The van der Waals surface area contributed by atoms with Crippen LogP contribution in [0.5, 0.6) is 5.75 Å². The summed E-state index contributed by atoms with van der Waals surface area (Å²) < 4.78 is 51.2. The second kappa shape index (κ2) is 16.9. The number of benzene rings is 3. The summed E-state index contributed by atoms with van der Waals surface area (Å²) in [4.78, 5) is 0. The molecule has 0 saturated heterocycles. The molecule has 1 aliphatic heterocycles. The van der Waals surface area contributed by atoms with Crippen LogP contribution in [-0.2, 0) is 19.0 Å². The fourth-order valence-electron chi connectivity index (χ4n) is 6.26. The second-order valence-electron chi connectivity index (χ2n) is 12.4. The number of aryl methyl sites for hydroxylation is 2. The molecule has 0 N–H and O–H groups in total. The Labute approximate surface area is 258 Å². The molecule has 3 aromatic carbocycles. The van der Waals surface area contributed by atoms with E-state index in [0.717, 1.165) is 31.2 Å². The predicted octanol–water partition coefficient (Wildman–Crippen LogP) is 13.0. The van der Waals surface area contributed by atoms with Crippen molar-refractivity contribution in [1.82, 2.24) is 0 Å². The molecule has 1 heterocycles. The summed E-state index contributed by atoms with van der Waals surface area (Å²) in [5.74, 6) is -0.977. The van der Waals surface area contributed by atoms with Crippen molar-refractivity contribution in [3.8, 4) is 28.0 Å². The van der Waals surface area contributed by atoms with Crippen LogP contribution in [0.4, 0.5) is 13.2 Å². The van der Waals surface area contributed by atoms with E-state index in [9.17, 15) is 0 Å². The Morgan fingerprint density at radius 1 is 0.558 bits per heavy atom. The molecule has 3 aromatic rings. The average Bonchev–Trinajstić information content (AvgIpc) is 3.01. The van der Waals surface area contributed by atoms with Gasteiger partial charge >= 0.3 is 6.11 Å². The Morgan fingerprint density at radius 2 is 1.07 bits per heavy atom. The van der Waals surface area contributed by atoms with Crippen LogP contribution in [0.1, 0.15) is 133 Å². The van der Waals surface area contributed by atoms with E-state index in [1.165, 1.54) is 95.1 Å². The molecule has 234 valence electrons. The molecule has 0 radical (unpaired) electrons. The maximum absolute atomic E-state index is 15.4. The lowest BCUT2D eigenvalue weighted by Crippen LogP contribution is -2.27. The van der Waals surface area contributed by atoms with Crippen LogP contribution in [-0.4, -0.2) is 0 Å². The fraction of sp³-hybridized carbons (Fsp3) is 0.538. The van der Waals surface area contributed by atoms with E-state index in [4.69, 9.17) is 4.74 Å². The minimum atomic E-state index is -3.60. The van der Waals surface area contributed by atoms with E-state index >= 15 is 13.2 Å². The Kier molecular flexibility index (Phi) is 13.0. The lowest BCUT2D eigenvalue weighted by molar-refractivity contribution is -0.188. The summed E-state index contributed by atoms with van der Waals surface area (Å²) in [5, 5.41) is 0. The molecule has 4 rings (SSSR count). The van der Waals surface area contributed by atoms with E-state index in [1.54, 1.807) is 18.2 Å². The smallest absolute Gasteiger partial charge is 0.425 e. The van der Waals surface area contributed by atoms with Crippen molar-refractivity contribution in [2.75, 3.05) is 0 Å². The molecule has 0 aliphatic carbocycles. The summed E-state index contributed by atoms with van der Waals surface area (Å²) >= 11 is 0. The minimum Gasteiger partial charge on any atom is -0.425 e. The van der Waals surface area contributed by atoms with Crippen molar-refractivity contribution < 1.29 is 17.9 Å². The number of halogens is 3. The normalized spacial score (nSPS) is 13.4. The maximum Gasteiger partial charge on any atom is 0.427 e. The Balaban J connectivity index is 1.36. The first-order valence-corrected chi connectivity index (χ1v) is 17.1. The zero-order valence-corrected chi connectivity index (χ0v) is 26.5. The quantitative estimate of drug-likeness (QED) is 0.126. The van der Waals surface area contributed by atoms with Gasteiger partial charge < -0.3 is 4.74 Å². The van der Waals surface area contributed by atoms with E-state index in [1.807, 2.05) is 18.2 Å². The number of hydrogen-bond acceptors (Lipinski definition) is 1. The molecule has 1 aliphatic rings. The molecule has 0 spiro atoms. The second-order valence-corrected chi connectivity index (χ2v) is 12.4. The topological polar surface area (TPSA) is 9.23 Å². The zero-order valence-electron chi connectivity index (χ0n) is 26.5. The molecule has 1 nitrogen and oxygen atoms in total. The third-order valence-electron chi connectivity index (χ3n) is 8.94. The highest BCUT2D eigenvalue weighted by molar-refractivity contribution is 5.80. The largest absolute Gasteiger partial charge is 0.427 e. The minimum absolute atomic E-state index is 0.212. The SMILES string of the molecule is CCCCCCCCCCc1ccc(-c2ccc3c(c2)C(F)(F)Oc2c-3ccc(CCCCCCCCCC)c2F)cc1. The summed E-state index contributed by atoms with van der Waals surface area (Å²) in [6.07, 6.45) is 17.5. The van der Waals surface area contributed by atoms with Gasteiger partial charge in [0.05, 0.1) is 5.56 Å². The monoisotopic (exact) mass is 592 g/mol. The number of rotatable bonds is 19. The molecule has 43 heavy (non-hydrogen) atoms. The van der Waals surface area contributed by atoms with Gasteiger partial charge in [-0.05, 0) is 59.6 Å². The third-order valence-corrected chi connectivity index (χ3v) is 8.94. The summed E-state index contributed by atoms with van der Waals surface area (Å²) in [7, 11) is 0. The fourth-order valence-corrected chi connectivity index (χ4v) is 6.26. The highest BCUT2D eigenvalue weighted by Gasteiger charge is 2.43. The number of ether oxygens (including phenoxy) is 1. The van der Waals surface area contributed by atoms with E-state index < -0.39 is 11.9 Å². The van der Waals surface area contributed by atoms with Crippen LogP contribution in [0.2, 0.25) is 0 Å². The van der Waals surface area contributed by atoms with Crippen LogP contribution >= 0.6 is 0 Å². The highest BCUT2D eigenvalue weighted by atomic mass is 19.3. The van der Waals surface area contributed by atoms with Gasteiger partial charge in [0, 0.05) is 5.56 Å². The molecular formula is C39H51F3O. The van der Waals surface area contributed by atoms with Crippen LogP contribution < -0.4 is 4.74 Å². The van der Waals surface area contributed by atoms with Crippen molar-refractivity contribution >= 4 is 0 Å². The highest BCUT2D eigenvalue weighted by Crippen LogP contribution is 2.49. The molecule has 0 fully saturated rings. The van der Waals surface area contributed by atoms with E-state index in [2.05, 4.69) is 26.0 Å². The van der Waals surface area contributed by atoms with Crippen molar-refractivity contribution in [1.29, 1.82) is 0 Å². The molecule has 0 aromatic heterocycles. The first kappa shape index (κ1) is 33.1. The Hall–Kier alpha value is -2.75. The summed E-state index contributed by atoms with van der Waals surface area (Å²) in [5.41, 5.74) is 3.83. The Bertz CT molecular complexity index is 1260. The first-order chi connectivity index (χ1) is 20.9. The molecule has 4 heteroatoms. The molecule has 0 bridgehead atoms. The number of unbranched alkanes of at least 4 members (excludes halogenated alkanes) is 14. The molecule has 0 unspecified atom stereocenters. The van der Waals surface area contributed by atoms with Gasteiger partial charge in [-0.1, -0.05) is 152 Å². The van der Waals surface area contributed by atoms with Crippen molar-refractivity contribution in [2.24, 2.45) is 0 Å². The van der Waals surface area contributed by atoms with E-state index in [0.29, 0.717) is 28.7 Å².